The molecule has 0 radical (unpaired) electrons. The molecule has 0 aliphatic carbocycles. The summed E-state index contributed by atoms with van der Waals surface area (Å²) in [5, 5.41) is 2.31. The molecule has 0 aromatic carbocycles. The molecule has 0 saturated heterocycles. The van der Waals surface area contributed by atoms with Gasteiger partial charge in [-0.25, -0.2) is 9.89 Å². The van der Waals surface area contributed by atoms with Gasteiger partial charge in [-0.05, 0) is 6.92 Å². The summed E-state index contributed by atoms with van der Waals surface area (Å²) in [7, 11) is -4.05. The van der Waals surface area contributed by atoms with Crippen molar-refractivity contribution in [2.24, 2.45) is 0 Å². The Morgan fingerprint density at radius 2 is 2.38 bits per heavy atom. The molecule has 0 aliphatic rings. The van der Waals surface area contributed by atoms with E-state index in [1.807, 2.05) is 0 Å². The van der Waals surface area contributed by atoms with Crippen molar-refractivity contribution in [1.29, 1.82) is 0 Å². The van der Waals surface area contributed by atoms with Gasteiger partial charge >= 0.3 is 13.3 Å². The maximum Gasteiger partial charge on any atom is 0.361 e. The lowest BCUT2D eigenvalue weighted by atomic mass is 10.4. The highest BCUT2D eigenvalue weighted by Gasteiger charge is 2.19. The lowest BCUT2D eigenvalue weighted by Crippen LogP contribution is -2.13. The zero-order valence-electron chi connectivity index (χ0n) is 6.91. The number of hydrogen-bond donors (Lipinski definition) is 3. The average Bonchev–Trinajstić information content (AvgIpc) is 2.31. The second-order valence-electron chi connectivity index (χ2n) is 2.77. The van der Waals surface area contributed by atoms with Crippen LogP contribution in [-0.2, 0) is 4.57 Å². The van der Waals surface area contributed by atoms with Gasteiger partial charge in [0.05, 0.1) is 12.2 Å². The molecule has 74 valence electrons. The third kappa shape index (κ3) is 3.14. The van der Waals surface area contributed by atoms with E-state index >= 15 is 0 Å². The molecule has 1 unspecified atom stereocenters. The van der Waals surface area contributed by atoms with Crippen molar-refractivity contribution >= 4 is 7.60 Å². The van der Waals surface area contributed by atoms with E-state index in [9.17, 15) is 9.36 Å². The molecule has 1 aromatic heterocycles. The van der Waals surface area contributed by atoms with Gasteiger partial charge in [-0.3, -0.25) is 9.25 Å². The molecule has 0 spiro atoms. The number of H-pyrrole nitrogens is 1. The Labute approximate surface area is 73.6 Å². The van der Waals surface area contributed by atoms with E-state index in [1.54, 1.807) is 6.92 Å². The van der Waals surface area contributed by atoms with Crippen LogP contribution in [0.5, 0.6) is 0 Å². The van der Waals surface area contributed by atoms with Gasteiger partial charge in [0.15, 0.2) is 0 Å². The predicted molar refractivity (Wildman–Crippen MR) is 44.5 cm³/mol. The van der Waals surface area contributed by atoms with Gasteiger partial charge in [-0.15, -0.1) is 0 Å². The number of nitrogens with zero attached hydrogens (tertiary/aromatic N) is 2. The zero-order valence-corrected chi connectivity index (χ0v) is 7.81. The normalized spacial score (nSPS) is 14.4. The summed E-state index contributed by atoms with van der Waals surface area (Å²) in [6, 6.07) is -0.476. The van der Waals surface area contributed by atoms with Gasteiger partial charge in [0.2, 0.25) is 0 Å². The third-order valence-corrected chi connectivity index (χ3v) is 2.51. The van der Waals surface area contributed by atoms with Crippen LogP contribution in [0.3, 0.4) is 0 Å². The second kappa shape index (κ2) is 3.45. The standard InChI is InChI=1S/C5H10N3O4P/c1-4(2-13(10,11)12)8-3-6-5(9)7-8/h3-4H,2H2,1H3,(H,7,9)(H2,10,11,12). The fourth-order valence-electron chi connectivity index (χ4n) is 0.939. The summed E-state index contributed by atoms with van der Waals surface area (Å²) in [5.41, 5.74) is -0.530. The molecule has 13 heavy (non-hydrogen) atoms. The van der Waals surface area contributed by atoms with Gasteiger partial charge in [0.1, 0.15) is 6.33 Å². The first kappa shape index (κ1) is 10.2. The summed E-state index contributed by atoms with van der Waals surface area (Å²) in [5.74, 6) is 0. The number of aromatic amines is 1. The first-order valence-electron chi connectivity index (χ1n) is 3.56. The van der Waals surface area contributed by atoms with Crippen LogP contribution in [0.15, 0.2) is 11.1 Å². The lowest BCUT2D eigenvalue weighted by Gasteiger charge is -2.12. The van der Waals surface area contributed by atoms with Crippen molar-refractivity contribution in [1.82, 2.24) is 14.8 Å². The topological polar surface area (TPSA) is 108 Å². The van der Waals surface area contributed by atoms with Gasteiger partial charge in [-0.1, -0.05) is 0 Å². The van der Waals surface area contributed by atoms with Crippen LogP contribution in [0.25, 0.3) is 0 Å². The van der Waals surface area contributed by atoms with Crippen LogP contribution in [0.4, 0.5) is 0 Å². The summed E-state index contributed by atoms with van der Waals surface area (Å²) < 4.78 is 11.9. The molecule has 0 saturated carbocycles. The smallest absolute Gasteiger partial charge is 0.324 e. The molecule has 7 nitrogen and oxygen atoms in total. The van der Waals surface area contributed by atoms with Crippen molar-refractivity contribution in [3.63, 3.8) is 0 Å². The third-order valence-electron chi connectivity index (χ3n) is 1.50. The molecule has 1 atom stereocenters. The van der Waals surface area contributed by atoms with Gasteiger partial charge in [-0.2, -0.15) is 4.98 Å². The number of nitrogens with one attached hydrogen (secondary N) is 1. The fraction of sp³-hybridized carbons (Fsp3) is 0.600. The molecule has 0 amide bonds. The quantitative estimate of drug-likeness (QED) is 0.568. The minimum atomic E-state index is -4.05. The number of rotatable bonds is 3. The molecule has 8 heteroatoms. The molecule has 0 fully saturated rings. The molecule has 1 heterocycles. The Kier molecular flexibility index (Phi) is 2.70. The van der Waals surface area contributed by atoms with Gasteiger partial charge in [0.25, 0.3) is 0 Å². The first-order chi connectivity index (χ1) is 5.88. The van der Waals surface area contributed by atoms with E-state index < -0.39 is 19.3 Å². The van der Waals surface area contributed by atoms with E-state index in [0.717, 1.165) is 0 Å². The molecule has 3 N–H and O–H groups in total. The molecular formula is C5H10N3O4P. The molecule has 1 rings (SSSR count). The average molecular weight is 207 g/mol. The molecule has 0 bridgehead atoms. The van der Waals surface area contributed by atoms with Gasteiger partial charge in [0, 0.05) is 0 Å². The molecule has 0 aliphatic heterocycles. The van der Waals surface area contributed by atoms with Crippen LogP contribution < -0.4 is 5.69 Å². The minimum Gasteiger partial charge on any atom is -0.324 e. The van der Waals surface area contributed by atoms with E-state index in [2.05, 4.69) is 10.1 Å². The number of aromatic nitrogens is 3. The Hall–Kier alpha value is -0.910. The van der Waals surface area contributed by atoms with Crippen LogP contribution in [0, 0.1) is 0 Å². The summed E-state index contributed by atoms with van der Waals surface area (Å²) >= 11 is 0. The van der Waals surface area contributed by atoms with Crippen LogP contribution in [0.1, 0.15) is 13.0 Å². The summed E-state index contributed by atoms with van der Waals surface area (Å²) in [6.45, 7) is 1.58. The summed E-state index contributed by atoms with van der Waals surface area (Å²) in [4.78, 5) is 31.2. The monoisotopic (exact) mass is 207 g/mol. The highest BCUT2D eigenvalue weighted by Crippen LogP contribution is 2.37. The van der Waals surface area contributed by atoms with E-state index in [1.165, 1.54) is 11.0 Å². The maximum atomic E-state index is 10.6. The highest BCUT2D eigenvalue weighted by molar-refractivity contribution is 7.51. The second-order valence-corrected chi connectivity index (χ2v) is 4.46. The zero-order chi connectivity index (χ0) is 10.1. The van der Waals surface area contributed by atoms with Crippen molar-refractivity contribution in [2.75, 3.05) is 6.16 Å². The minimum absolute atomic E-state index is 0.320. The first-order valence-corrected chi connectivity index (χ1v) is 5.36. The fourth-order valence-corrected chi connectivity index (χ4v) is 1.80. The Balaban J connectivity index is 2.75. The molecular weight excluding hydrogens is 197 g/mol. The van der Waals surface area contributed by atoms with Crippen molar-refractivity contribution in [2.45, 2.75) is 13.0 Å². The van der Waals surface area contributed by atoms with E-state index in [4.69, 9.17) is 9.79 Å². The van der Waals surface area contributed by atoms with Crippen LogP contribution in [-0.4, -0.2) is 30.7 Å². The Bertz CT molecular complexity index is 377. The SMILES string of the molecule is CC(CP(=O)(O)O)n1cnc(=O)[nH]1. The largest absolute Gasteiger partial charge is 0.361 e. The van der Waals surface area contributed by atoms with Crippen molar-refractivity contribution in [3.8, 4) is 0 Å². The molecule has 1 aromatic rings. The van der Waals surface area contributed by atoms with Crippen LogP contribution >= 0.6 is 7.60 Å². The maximum absolute atomic E-state index is 10.6. The highest BCUT2D eigenvalue weighted by atomic mass is 31.2. The lowest BCUT2D eigenvalue weighted by molar-refractivity contribution is 0.359. The summed E-state index contributed by atoms with van der Waals surface area (Å²) in [6.07, 6.45) is 0.891. The predicted octanol–water partition coefficient (Wildman–Crippen LogP) is -0.690. The Morgan fingerprint density at radius 1 is 1.77 bits per heavy atom. The van der Waals surface area contributed by atoms with Crippen molar-refractivity contribution < 1.29 is 14.4 Å². The Morgan fingerprint density at radius 3 is 2.77 bits per heavy atom. The van der Waals surface area contributed by atoms with Crippen molar-refractivity contribution in [3.05, 3.63) is 16.8 Å². The number of hydrogen-bond acceptors (Lipinski definition) is 3. The van der Waals surface area contributed by atoms with E-state index in [0.29, 0.717) is 0 Å². The van der Waals surface area contributed by atoms with E-state index in [-0.39, 0.29) is 6.16 Å². The van der Waals surface area contributed by atoms with Gasteiger partial charge < -0.3 is 9.79 Å². The van der Waals surface area contributed by atoms with Crippen LogP contribution in [0.2, 0.25) is 0 Å².